The Bertz CT molecular complexity index is 620. The van der Waals surface area contributed by atoms with Crippen molar-refractivity contribution < 1.29 is 25.8 Å². The summed E-state index contributed by atoms with van der Waals surface area (Å²) in [7, 11) is 0. The van der Waals surface area contributed by atoms with Crippen LogP contribution in [0.5, 0.6) is 0 Å². The molecule has 0 heterocycles. The van der Waals surface area contributed by atoms with Gasteiger partial charge in [-0.15, -0.1) is 59.3 Å². The summed E-state index contributed by atoms with van der Waals surface area (Å²) in [6, 6.07) is 29.3. The normalized spacial score (nSPS) is 8.76. The molecule has 104 valence electrons. The molecule has 0 bridgehead atoms. The van der Waals surface area contributed by atoms with Crippen LogP contribution in [0.2, 0.25) is 0 Å². The first-order valence-electron chi connectivity index (χ1n) is 6.14. The van der Waals surface area contributed by atoms with Crippen molar-refractivity contribution in [3.05, 3.63) is 99.8 Å². The Kier molecular flexibility index (Phi) is 8.80. The third-order valence-electron chi connectivity index (χ3n) is 3.10. The Morgan fingerprint density at radius 3 is 1.29 bits per heavy atom. The molecule has 0 atom stereocenters. The van der Waals surface area contributed by atoms with Crippen molar-refractivity contribution in [2.75, 3.05) is 0 Å². The molecule has 0 radical (unpaired) electrons. The van der Waals surface area contributed by atoms with E-state index >= 15 is 0 Å². The molecule has 0 aliphatic carbocycles. The second-order valence-corrected chi connectivity index (χ2v) is 4.31. The van der Waals surface area contributed by atoms with Crippen molar-refractivity contribution in [2.45, 2.75) is 0 Å². The third kappa shape index (κ3) is 4.78. The predicted molar refractivity (Wildman–Crippen MR) is 91.9 cm³/mol. The summed E-state index contributed by atoms with van der Waals surface area (Å²) in [5.41, 5.74) is 0. The van der Waals surface area contributed by atoms with Crippen molar-refractivity contribution in [1.82, 2.24) is 0 Å². The van der Waals surface area contributed by atoms with Crippen molar-refractivity contribution >= 4 is 21.5 Å². The molecule has 0 N–H and O–H groups in total. The zero-order valence-electron chi connectivity index (χ0n) is 12.6. The summed E-state index contributed by atoms with van der Waals surface area (Å²) in [5, 5.41) is 5.32. The molecular weight excluding hydrogens is 419 g/mol. The van der Waals surface area contributed by atoms with E-state index in [0.29, 0.717) is 0 Å². The molecule has 0 unspecified atom stereocenters. The Balaban J connectivity index is 0.000000333. The molecule has 0 fully saturated rings. The topological polar surface area (TPSA) is 0 Å². The molecular formula is C20H20Hf. The summed E-state index contributed by atoms with van der Waals surface area (Å²) >= 11 is 0. The van der Waals surface area contributed by atoms with E-state index in [9.17, 15) is 0 Å². The molecule has 0 amide bonds. The first-order valence-corrected chi connectivity index (χ1v) is 6.14. The Morgan fingerprint density at radius 2 is 0.905 bits per heavy atom. The molecule has 0 aliphatic heterocycles. The molecule has 0 saturated heterocycles. The van der Waals surface area contributed by atoms with E-state index in [1.807, 2.05) is 0 Å². The Labute approximate surface area is 146 Å². The van der Waals surface area contributed by atoms with Gasteiger partial charge in [0.05, 0.1) is 0 Å². The Hall–Kier alpha value is -1.47. The summed E-state index contributed by atoms with van der Waals surface area (Å²) in [6.45, 7) is 0. The third-order valence-corrected chi connectivity index (χ3v) is 3.10. The van der Waals surface area contributed by atoms with E-state index < -0.39 is 0 Å². The van der Waals surface area contributed by atoms with E-state index in [2.05, 4.69) is 84.9 Å². The molecule has 4 aromatic rings. The van der Waals surface area contributed by atoms with Gasteiger partial charge >= 0.3 is 25.8 Å². The van der Waals surface area contributed by atoms with E-state index in [1.54, 1.807) is 0 Å². The fourth-order valence-corrected chi connectivity index (χ4v) is 2.14. The van der Waals surface area contributed by atoms with E-state index in [1.165, 1.54) is 21.5 Å². The van der Waals surface area contributed by atoms with Crippen LogP contribution >= 0.6 is 0 Å². The number of benzene rings is 2. The predicted octanol–water partition coefficient (Wildman–Crippen LogP) is 6.02. The van der Waals surface area contributed by atoms with Crippen molar-refractivity contribution in [1.29, 1.82) is 0 Å². The molecule has 0 aliphatic rings. The average molecular weight is 439 g/mol. The summed E-state index contributed by atoms with van der Waals surface area (Å²) in [5.74, 6) is 0. The van der Waals surface area contributed by atoms with Crippen molar-refractivity contribution in [3.8, 4) is 0 Å². The minimum Gasteiger partial charge on any atom is -0.358 e. The Morgan fingerprint density at radius 1 is 0.524 bits per heavy atom. The van der Waals surface area contributed by atoms with Gasteiger partial charge in [0.25, 0.3) is 0 Å². The van der Waals surface area contributed by atoms with Gasteiger partial charge in [-0.05, 0) is 0 Å². The quantitative estimate of drug-likeness (QED) is 0.233. The van der Waals surface area contributed by atoms with Gasteiger partial charge in [-0.25, -0.2) is 0 Å². The molecule has 4 aromatic carbocycles. The van der Waals surface area contributed by atoms with E-state index in [-0.39, 0.29) is 40.7 Å². The second-order valence-electron chi connectivity index (χ2n) is 4.31. The van der Waals surface area contributed by atoms with Crippen LogP contribution in [-0.4, -0.2) is 0 Å². The summed E-state index contributed by atoms with van der Waals surface area (Å²) < 4.78 is 0. The van der Waals surface area contributed by atoms with Crippen LogP contribution < -0.4 is 0 Å². The van der Waals surface area contributed by atoms with Crippen molar-refractivity contribution in [2.24, 2.45) is 0 Å². The maximum atomic E-state index is 2.12. The summed E-state index contributed by atoms with van der Waals surface area (Å²) in [6.07, 6.45) is 0. The van der Waals surface area contributed by atoms with Gasteiger partial charge in [0.2, 0.25) is 0 Å². The first-order chi connectivity index (χ1) is 8.93. The van der Waals surface area contributed by atoms with Gasteiger partial charge in [0.15, 0.2) is 0 Å². The van der Waals surface area contributed by atoms with E-state index in [0.717, 1.165) is 0 Å². The largest absolute Gasteiger partial charge is 4.00 e. The van der Waals surface area contributed by atoms with Crippen LogP contribution in [0.4, 0.5) is 0 Å². The minimum absolute atomic E-state index is 0. The summed E-state index contributed by atoms with van der Waals surface area (Å²) in [4.78, 5) is 0. The van der Waals surface area contributed by atoms with Crippen molar-refractivity contribution in [3.63, 3.8) is 0 Å². The molecule has 1 heteroatoms. The van der Waals surface area contributed by atoms with E-state index in [4.69, 9.17) is 0 Å². The van der Waals surface area contributed by atoms with Crippen LogP contribution in [0.3, 0.4) is 0 Å². The maximum absolute atomic E-state index is 2.12. The monoisotopic (exact) mass is 440 g/mol. The number of hydrogen-bond donors (Lipinski definition) is 0. The molecule has 21 heavy (non-hydrogen) atoms. The molecule has 0 spiro atoms. The second kappa shape index (κ2) is 9.46. The average Bonchev–Trinajstić information content (AvgIpc) is 3.08. The smallest absolute Gasteiger partial charge is 0.358 e. The van der Waals surface area contributed by atoms with Gasteiger partial charge in [-0.2, -0.15) is 35.0 Å². The standard InChI is InChI=1S/2C9H7.2CH3.Hf/c2*1-2-5-9-7-3-6-8(9)4-1;;;/h2*1-7H;2*1H3;/q4*-1;+4. The fourth-order valence-electron chi connectivity index (χ4n) is 2.14. The van der Waals surface area contributed by atoms with Gasteiger partial charge in [0, 0.05) is 0 Å². The zero-order chi connectivity index (χ0) is 12.2. The maximum Gasteiger partial charge on any atom is 4.00 e. The molecule has 0 aromatic heterocycles. The van der Waals surface area contributed by atoms with Gasteiger partial charge in [-0.1, -0.05) is 12.1 Å². The zero-order valence-corrected chi connectivity index (χ0v) is 16.2. The van der Waals surface area contributed by atoms with Gasteiger partial charge in [-0.3, -0.25) is 0 Å². The van der Waals surface area contributed by atoms with Crippen LogP contribution in [0.25, 0.3) is 21.5 Å². The molecule has 4 rings (SSSR count). The first kappa shape index (κ1) is 19.5. The fraction of sp³-hybridized carbons (Fsp3) is 0. The van der Waals surface area contributed by atoms with Crippen LogP contribution in [-0.2, 0) is 25.8 Å². The van der Waals surface area contributed by atoms with Gasteiger partial charge < -0.3 is 14.9 Å². The van der Waals surface area contributed by atoms with Crippen LogP contribution in [0.15, 0.2) is 84.9 Å². The molecule has 0 nitrogen and oxygen atoms in total. The number of hydrogen-bond acceptors (Lipinski definition) is 0. The number of fused-ring (bicyclic) bond motifs is 2. The SMILES string of the molecule is [CH3-].[CH3-].[Hf+4].c1ccc2[cH-]ccc2c1.c1ccc2[cH-]ccc2c1. The minimum atomic E-state index is 0. The van der Waals surface area contributed by atoms with Gasteiger partial charge in [0.1, 0.15) is 0 Å². The number of rotatable bonds is 0. The molecule has 0 saturated carbocycles. The van der Waals surface area contributed by atoms with Crippen LogP contribution in [0.1, 0.15) is 0 Å². The van der Waals surface area contributed by atoms with Crippen LogP contribution in [0, 0.1) is 14.9 Å².